The van der Waals surface area contributed by atoms with Crippen molar-refractivity contribution in [3.8, 4) is 0 Å². The van der Waals surface area contributed by atoms with E-state index in [1.54, 1.807) is 0 Å². The fraction of sp³-hybridized carbons (Fsp3) is 0.781. The van der Waals surface area contributed by atoms with Crippen LogP contribution in [0.5, 0.6) is 0 Å². The smallest absolute Gasteiger partial charge is 0.504 e. The monoisotopic (exact) mass is 599 g/mol. The topological polar surface area (TPSA) is 89.8 Å². The molecule has 8 nitrogen and oxygen atoms in total. The number of amides is 2. The Bertz CT molecular complexity index is 776. The van der Waals surface area contributed by atoms with Crippen LogP contribution in [0.1, 0.15) is 122 Å². The molecule has 0 fully saturated rings. The number of pyridine rings is 1. The van der Waals surface area contributed by atoms with Crippen LogP contribution in [-0.2, 0) is 21.3 Å². The highest BCUT2D eigenvalue weighted by atomic mass is 35.5. The number of anilines is 1. The molecule has 238 valence electrons. The van der Waals surface area contributed by atoms with E-state index in [-0.39, 0.29) is 25.6 Å². The van der Waals surface area contributed by atoms with Gasteiger partial charge in [-0.3, -0.25) is 0 Å². The molecule has 0 bridgehead atoms. The number of hydrogen-bond acceptors (Lipinski definition) is 5. The molecule has 1 unspecified atom stereocenters. The number of aryl methyl sites for hydroxylation is 2. The van der Waals surface area contributed by atoms with Gasteiger partial charge < -0.3 is 31.9 Å². The SMILES string of the molecule is CCCCCCCCCCCCCCCCCCNC(=O)OCC(COC(=O)Nc1c(C)ccc[n+]1C)OCC.[Cl-]. The van der Waals surface area contributed by atoms with Gasteiger partial charge in [-0.25, -0.2) is 9.36 Å². The summed E-state index contributed by atoms with van der Waals surface area (Å²) in [6.45, 7) is 7.05. The van der Waals surface area contributed by atoms with Crippen LogP contribution in [0.4, 0.5) is 15.4 Å². The van der Waals surface area contributed by atoms with Gasteiger partial charge in [-0.05, 0) is 32.4 Å². The van der Waals surface area contributed by atoms with E-state index >= 15 is 0 Å². The molecule has 1 atom stereocenters. The van der Waals surface area contributed by atoms with Crippen molar-refractivity contribution < 1.29 is 40.8 Å². The van der Waals surface area contributed by atoms with Gasteiger partial charge in [0, 0.05) is 18.7 Å². The number of aromatic nitrogens is 1. The van der Waals surface area contributed by atoms with E-state index in [1.807, 2.05) is 43.8 Å². The first-order valence-electron chi connectivity index (χ1n) is 15.9. The second kappa shape index (κ2) is 26.8. The molecule has 2 N–H and O–H groups in total. The Hall–Kier alpha value is -2.06. The summed E-state index contributed by atoms with van der Waals surface area (Å²) < 4.78 is 18.0. The standard InChI is InChI=1S/C32H57N3O5.ClH/c1-5-7-8-9-10-11-12-13-14-15-16-17-18-19-20-21-24-33-31(36)39-26-29(38-6-2)27-40-32(37)34-30-28(3)23-22-25-35(30)4;/h22-23,25,29H,5-21,24,26-27H2,1-4H3,(H,33,36);1H. The molecule has 0 saturated carbocycles. The van der Waals surface area contributed by atoms with E-state index in [9.17, 15) is 9.59 Å². The van der Waals surface area contributed by atoms with Gasteiger partial charge in [-0.15, -0.1) is 0 Å². The van der Waals surface area contributed by atoms with Crippen LogP contribution in [0, 0.1) is 6.92 Å². The Morgan fingerprint density at radius 1 is 0.780 bits per heavy atom. The number of hydrogen-bond donors (Lipinski definition) is 2. The van der Waals surface area contributed by atoms with Crippen molar-refractivity contribution in [1.29, 1.82) is 0 Å². The van der Waals surface area contributed by atoms with E-state index in [4.69, 9.17) is 14.2 Å². The highest BCUT2D eigenvalue weighted by molar-refractivity contribution is 5.83. The number of ether oxygens (including phenoxy) is 3. The fourth-order valence-electron chi connectivity index (χ4n) is 4.70. The minimum absolute atomic E-state index is 0. The summed E-state index contributed by atoms with van der Waals surface area (Å²) in [5.41, 5.74) is 0.924. The van der Waals surface area contributed by atoms with Crippen molar-refractivity contribution in [3.05, 3.63) is 23.9 Å². The Kier molecular flexibility index (Phi) is 25.5. The van der Waals surface area contributed by atoms with Gasteiger partial charge in [-0.2, -0.15) is 10.1 Å². The molecular weight excluding hydrogens is 542 g/mol. The lowest BCUT2D eigenvalue weighted by molar-refractivity contribution is -0.657. The van der Waals surface area contributed by atoms with E-state index in [0.29, 0.717) is 19.0 Å². The molecule has 0 spiro atoms. The maximum Gasteiger partial charge on any atom is 0.504 e. The van der Waals surface area contributed by atoms with Gasteiger partial charge in [0.2, 0.25) is 0 Å². The van der Waals surface area contributed by atoms with E-state index in [1.165, 1.54) is 89.9 Å². The molecule has 0 aliphatic rings. The van der Waals surface area contributed by atoms with Gasteiger partial charge in [0.1, 0.15) is 19.3 Å². The van der Waals surface area contributed by atoms with Crippen LogP contribution < -0.4 is 27.6 Å². The van der Waals surface area contributed by atoms with Gasteiger partial charge in [0.05, 0.1) is 13.2 Å². The van der Waals surface area contributed by atoms with Crippen LogP contribution in [0.3, 0.4) is 0 Å². The van der Waals surface area contributed by atoms with Crippen molar-refractivity contribution in [2.75, 3.05) is 31.7 Å². The number of nitrogens with zero attached hydrogens (tertiary/aromatic N) is 1. The molecular formula is C32H58ClN3O5. The Labute approximate surface area is 256 Å². The third-order valence-corrected chi connectivity index (χ3v) is 7.11. The summed E-state index contributed by atoms with van der Waals surface area (Å²) in [7, 11) is 1.85. The predicted molar refractivity (Wildman–Crippen MR) is 162 cm³/mol. The van der Waals surface area contributed by atoms with Crippen LogP contribution in [0.15, 0.2) is 18.3 Å². The number of rotatable bonds is 24. The number of carbonyl (C=O) groups excluding carboxylic acids is 2. The summed E-state index contributed by atoms with van der Waals surface area (Å²) in [5, 5.41) is 5.54. The summed E-state index contributed by atoms with van der Waals surface area (Å²) >= 11 is 0. The molecule has 1 rings (SSSR count). The molecule has 1 aromatic heterocycles. The van der Waals surface area contributed by atoms with E-state index < -0.39 is 18.3 Å². The maximum atomic E-state index is 12.2. The second-order valence-electron chi connectivity index (χ2n) is 10.8. The number of halogens is 1. The van der Waals surface area contributed by atoms with Gasteiger partial charge in [0.25, 0.3) is 5.82 Å². The molecule has 0 radical (unpaired) electrons. The van der Waals surface area contributed by atoms with E-state index in [0.717, 1.165) is 18.4 Å². The van der Waals surface area contributed by atoms with Crippen molar-refractivity contribution in [2.45, 2.75) is 130 Å². The maximum absolute atomic E-state index is 12.2. The fourth-order valence-corrected chi connectivity index (χ4v) is 4.70. The largest absolute Gasteiger partial charge is 1.00 e. The normalized spacial score (nSPS) is 11.4. The van der Waals surface area contributed by atoms with Crippen molar-refractivity contribution >= 4 is 18.0 Å². The summed E-state index contributed by atoms with van der Waals surface area (Å²) in [6.07, 6.45) is 21.4. The molecule has 0 aliphatic carbocycles. The van der Waals surface area contributed by atoms with Gasteiger partial charge >= 0.3 is 12.2 Å². The minimum Gasteiger partial charge on any atom is -1.00 e. The Balaban J connectivity index is 0.0000160. The molecule has 1 heterocycles. The molecule has 0 aromatic carbocycles. The van der Waals surface area contributed by atoms with Crippen molar-refractivity contribution in [3.63, 3.8) is 0 Å². The summed E-state index contributed by atoms with van der Waals surface area (Å²) in [5.74, 6) is 0.658. The van der Waals surface area contributed by atoms with Gasteiger partial charge in [-0.1, -0.05) is 103 Å². The molecule has 9 heteroatoms. The number of unbranched alkanes of at least 4 members (excludes halogenated alkanes) is 15. The first kappa shape index (κ1) is 38.9. The number of alkyl carbamates (subject to hydrolysis) is 1. The quantitative estimate of drug-likeness (QED) is 0.132. The lowest BCUT2D eigenvalue weighted by Gasteiger charge is -2.17. The Morgan fingerprint density at radius 2 is 1.27 bits per heavy atom. The molecule has 0 aliphatic heterocycles. The first-order chi connectivity index (χ1) is 19.5. The predicted octanol–water partition coefficient (Wildman–Crippen LogP) is 4.76. The van der Waals surface area contributed by atoms with E-state index in [2.05, 4.69) is 17.6 Å². The van der Waals surface area contributed by atoms with Crippen LogP contribution in [0.2, 0.25) is 0 Å². The zero-order chi connectivity index (χ0) is 29.3. The minimum atomic E-state index is -0.581. The molecule has 41 heavy (non-hydrogen) atoms. The molecule has 1 aromatic rings. The first-order valence-corrected chi connectivity index (χ1v) is 15.9. The third-order valence-electron chi connectivity index (χ3n) is 7.11. The van der Waals surface area contributed by atoms with Gasteiger partial charge in [0.15, 0.2) is 0 Å². The number of nitrogens with one attached hydrogen (secondary N) is 2. The van der Waals surface area contributed by atoms with Crippen LogP contribution in [-0.4, -0.2) is 44.7 Å². The average Bonchev–Trinajstić information content (AvgIpc) is 2.94. The average molecular weight is 600 g/mol. The summed E-state index contributed by atoms with van der Waals surface area (Å²) in [4.78, 5) is 24.3. The zero-order valence-electron chi connectivity index (χ0n) is 26.3. The Morgan fingerprint density at radius 3 is 1.76 bits per heavy atom. The second-order valence-corrected chi connectivity index (χ2v) is 10.8. The molecule has 2 amide bonds. The highest BCUT2D eigenvalue weighted by Crippen LogP contribution is 2.14. The molecule has 0 saturated heterocycles. The van der Waals surface area contributed by atoms with Crippen LogP contribution >= 0.6 is 0 Å². The zero-order valence-corrected chi connectivity index (χ0v) is 27.1. The van der Waals surface area contributed by atoms with Crippen molar-refractivity contribution in [1.82, 2.24) is 5.32 Å². The lowest BCUT2D eigenvalue weighted by Crippen LogP contribution is -3.00. The van der Waals surface area contributed by atoms with Crippen LogP contribution in [0.25, 0.3) is 0 Å². The van der Waals surface area contributed by atoms with Crippen molar-refractivity contribution in [2.24, 2.45) is 7.05 Å². The summed E-state index contributed by atoms with van der Waals surface area (Å²) in [6, 6.07) is 3.81. The lowest BCUT2D eigenvalue weighted by atomic mass is 10.0. The number of carbonyl (C=O) groups is 2. The third kappa shape index (κ3) is 21.3. The highest BCUT2D eigenvalue weighted by Gasteiger charge is 2.20.